The van der Waals surface area contributed by atoms with Crippen LogP contribution in [-0.2, 0) is 4.74 Å². The van der Waals surface area contributed by atoms with Crippen LogP contribution in [0.2, 0.25) is 0 Å². The highest BCUT2D eigenvalue weighted by Gasteiger charge is 2.56. The molecule has 4 heterocycles. The molecular weight excluding hydrogens is 444 g/mol. The highest BCUT2D eigenvalue weighted by Crippen LogP contribution is 2.54. The largest absolute Gasteiger partial charge is 0.444 e. The van der Waals surface area contributed by atoms with Crippen molar-refractivity contribution in [2.75, 3.05) is 6.54 Å². The van der Waals surface area contributed by atoms with Crippen molar-refractivity contribution in [2.24, 2.45) is 5.92 Å². The van der Waals surface area contributed by atoms with E-state index in [2.05, 4.69) is 37.6 Å². The van der Waals surface area contributed by atoms with Gasteiger partial charge in [0, 0.05) is 28.2 Å². The normalized spacial score (nSPS) is 25.7. The highest BCUT2D eigenvalue weighted by molar-refractivity contribution is 9.10. The number of carbonyl (C=O) groups excluding carboxylic acids is 1. The molecule has 6 nitrogen and oxygen atoms in total. The fourth-order valence-electron chi connectivity index (χ4n) is 5.20. The van der Waals surface area contributed by atoms with Gasteiger partial charge in [-0.25, -0.2) is 9.78 Å². The van der Waals surface area contributed by atoms with Crippen LogP contribution in [0.25, 0.3) is 21.9 Å². The first-order valence-electron chi connectivity index (χ1n) is 10.8. The number of rotatable bonds is 2. The minimum atomic E-state index is -0.478. The number of benzene rings is 1. The predicted octanol–water partition coefficient (Wildman–Crippen LogP) is 5.40. The number of hydrogen-bond acceptors (Lipinski definition) is 4. The van der Waals surface area contributed by atoms with Crippen LogP contribution >= 0.6 is 15.9 Å². The number of carbonyl (C=O) groups is 1. The zero-order valence-corrected chi connectivity index (χ0v) is 19.0. The van der Waals surface area contributed by atoms with Crippen molar-refractivity contribution in [3.05, 3.63) is 34.7 Å². The molecular formula is C23H25BrN4O2. The van der Waals surface area contributed by atoms with Crippen molar-refractivity contribution in [1.82, 2.24) is 19.4 Å². The van der Waals surface area contributed by atoms with Gasteiger partial charge in [0.1, 0.15) is 16.9 Å². The number of nitrogens with zero attached hydrogens (tertiary/aromatic N) is 4. The molecule has 3 atom stereocenters. The average Bonchev–Trinajstić information content (AvgIpc) is 3.14. The summed E-state index contributed by atoms with van der Waals surface area (Å²) in [6.45, 7) is 6.54. The maximum absolute atomic E-state index is 12.8. The molecule has 1 amide bonds. The molecule has 2 bridgehead atoms. The minimum absolute atomic E-state index is 0.176. The van der Waals surface area contributed by atoms with E-state index in [1.165, 1.54) is 18.7 Å². The maximum Gasteiger partial charge on any atom is 0.410 e. The molecule has 7 heteroatoms. The van der Waals surface area contributed by atoms with Gasteiger partial charge in [0.05, 0.1) is 29.3 Å². The lowest BCUT2D eigenvalue weighted by molar-refractivity contribution is 0.0209. The first kappa shape index (κ1) is 18.6. The number of imidazole rings is 1. The summed E-state index contributed by atoms with van der Waals surface area (Å²) in [6, 6.07) is 6.67. The van der Waals surface area contributed by atoms with E-state index in [0.29, 0.717) is 11.8 Å². The topological polar surface area (TPSA) is 60.2 Å². The van der Waals surface area contributed by atoms with Crippen LogP contribution < -0.4 is 0 Å². The summed E-state index contributed by atoms with van der Waals surface area (Å²) in [5.74, 6) is 2.15. The second kappa shape index (κ2) is 6.19. The van der Waals surface area contributed by atoms with Crippen LogP contribution in [0.3, 0.4) is 0 Å². The standard InChI is InChI=1S/C23H25BrN4O2/c1-23(2,3)30-22(29)27-11-13-8-18(27)19(13)28-20-15-9-14(24)6-7-16(15)25-10-17(20)26-21(28)12-4-5-12/h6-7,9-10,12-13,18-19H,4-5,8,11H2,1-3H3/t13-,18-,19+/m0/s1. The molecule has 4 fully saturated rings. The first-order valence-corrected chi connectivity index (χ1v) is 11.6. The van der Waals surface area contributed by atoms with E-state index >= 15 is 0 Å². The van der Waals surface area contributed by atoms with E-state index in [1.807, 2.05) is 37.9 Å². The van der Waals surface area contributed by atoms with Crippen molar-refractivity contribution < 1.29 is 9.53 Å². The monoisotopic (exact) mass is 468 g/mol. The van der Waals surface area contributed by atoms with Crippen molar-refractivity contribution in [1.29, 1.82) is 0 Å². The molecule has 0 radical (unpaired) electrons. The molecule has 2 aliphatic carbocycles. The van der Waals surface area contributed by atoms with Gasteiger partial charge < -0.3 is 14.2 Å². The molecule has 0 spiro atoms. The third-order valence-corrected chi connectivity index (χ3v) is 7.12. The van der Waals surface area contributed by atoms with E-state index in [-0.39, 0.29) is 18.2 Å². The van der Waals surface area contributed by atoms with Gasteiger partial charge in [-0.3, -0.25) is 4.98 Å². The predicted molar refractivity (Wildman–Crippen MR) is 119 cm³/mol. The Morgan fingerprint density at radius 3 is 2.77 bits per heavy atom. The van der Waals surface area contributed by atoms with Gasteiger partial charge in [-0.15, -0.1) is 0 Å². The van der Waals surface area contributed by atoms with E-state index in [1.54, 1.807) is 0 Å². The Balaban J connectivity index is 1.48. The van der Waals surface area contributed by atoms with Crippen LogP contribution in [-0.4, -0.2) is 43.7 Å². The zero-order chi connectivity index (χ0) is 20.8. The summed E-state index contributed by atoms with van der Waals surface area (Å²) in [6.07, 6.45) is 5.14. The molecule has 2 aromatic heterocycles. The van der Waals surface area contributed by atoms with Gasteiger partial charge in [-0.1, -0.05) is 15.9 Å². The van der Waals surface area contributed by atoms with Crippen LogP contribution in [0.5, 0.6) is 0 Å². The lowest BCUT2D eigenvalue weighted by atomic mass is 9.79. The number of ether oxygens (including phenoxy) is 1. The number of amides is 1. The van der Waals surface area contributed by atoms with Crippen molar-refractivity contribution in [2.45, 2.75) is 63.6 Å². The summed E-state index contributed by atoms with van der Waals surface area (Å²) in [5, 5.41) is 1.12. The van der Waals surface area contributed by atoms with Crippen LogP contribution in [0.15, 0.2) is 28.9 Å². The Morgan fingerprint density at radius 1 is 1.23 bits per heavy atom. The molecule has 4 aliphatic rings. The van der Waals surface area contributed by atoms with E-state index in [0.717, 1.165) is 39.4 Å². The summed E-state index contributed by atoms with van der Waals surface area (Å²) in [5.41, 5.74) is 2.62. The smallest absolute Gasteiger partial charge is 0.410 e. The van der Waals surface area contributed by atoms with E-state index < -0.39 is 5.60 Å². The number of pyridine rings is 1. The zero-order valence-electron chi connectivity index (χ0n) is 17.4. The maximum atomic E-state index is 12.8. The molecule has 2 aliphatic heterocycles. The SMILES string of the molecule is CC(C)(C)OC(=O)N1C[C@@H]2C[C@H]1[C@@H]2n1c(C2CC2)nc2cnc3ccc(Br)cc3c21. The highest BCUT2D eigenvalue weighted by atomic mass is 79.9. The molecule has 3 aromatic rings. The first-order chi connectivity index (χ1) is 14.3. The lowest BCUT2D eigenvalue weighted by Gasteiger charge is -2.39. The van der Waals surface area contributed by atoms with Crippen molar-refractivity contribution in [3.8, 4) is 0 Å². The molecule has 30 heavy (non-hydrogen) atoms. The quantitative estimate of drug-likeness (QED) is 0.504. The Hall–Kier alpha value is -2.15. The van der Waals surface area contributed by atoms with Crippen LogP contribution in [0, 0.1) is 5.92 Å². The Bertz CT molecular complexity index is 1190. The number of halogens is 1. The van der Waals surface area contributed by atoms with Gasteiger partial charge in [-0.2, -0.15) is 0 Å². The second-order valence-electron chi connectivity index (χ2n) is 9.95. The fourth-order valence-corrected chi connectivity index (χ4v) is 5.56. The molecule has 7 rings (SSSR count). The third-order valence-electron chi connectivity index (χ3n) is 6.63. The summed E-state index contributed by atoms with van der Waals surface area (Å²) >= 11 is 3.62. The molecule has 0 N–H and O–H groups in total. The molecule has 0 unspecified atom stereocenters. The van der Waals surface area contributed by atoms with Gasteiger partial charge in [0.15, 0.2) is 0 Å². The molecule has 2 saturated carbocycles. The summed E-state index contributed by atoms with van der Waals surface area (Å²) < 4.78 is 9.20. The fraction of sp³-hybridized carbons (Fsp3) is 0.522. The van der Waals surface area contributed by atoms with Crippen LogP contribution in [0.4, 0.5) is 4.79 Å². The average molecular weight is 469 g/mol. The van der Waals surface area contributed by atoms with Crippen LogP contribution in [0.1, 0.15) is 57.8 Å². The molecule has 1 aromatic carbocycles. The summed E-state index contributed by atoms with van der Waals surface area (Å²) in [4.78, 5) is 24.5. The number of aromatic nitrogens is 3. The van der Waals surface area contributed by atoms with Gasteiger partial charge in [-0.05, 0) is 58.2 Å². The van der Waals surface area contributed by atoms with Crippen molar-refractivity contribution in [3.63, 3.8) is 0 Å². The minimum Gasteiger partial charge on any atom is -0.444 e. The Kier molecular flexibility index (Phi) is 3.84. The summed E-state index contributed by atoms with van der Waals surface area (Å²) in [7, 11) is 0. The van der Waals surface area contributed by atoms with Gasteiger partial charge in [0.2, 0.25) is 0 Å². The van der Waals surface area contributed by atoms with E-state index in [9.17, 15) is 4.79 Å². The molecule has 156 valence electrons. The lowest BCUT2D eigenvalue weighted by Crippen LogP contribution is -2.44. The van der Waals surface area contributed by atoms with Gasteiger partial charge in [0.25, 0.3) is 0 Å². The third kappa shape index (κ3) is 2.77. The molecule has 2 saturated heterocycles. The number of hydrogen-bond donors (Lipinski definition) is 0. The van der Waals surface area contributed by atoms with E-state index in [4.69, 9.17) is 9.72 Å². The second-order valence-corrected chi connectivity index (χ2v) is 10.9. The van der Waals surface area contributed by atoms with Crippen molar-refractivity contribution >= 4 is 44.0 Å². The Labute approximate surface area is 183 Å². The Morgan fingerprint density at radius 2 is 2.03 bits per heavy atom. The van der Waals surface area contributed by atoms with Gasteiger partial charge >= 0.3 is 6.09 Å². The number of fused-ring (bicyclic) bond motifs is 4.